The van der Waals surface area contributed by atoms with Crippen LogP contribution in [0.25, 0.3) is 0 Å². The Morgan fingerprint density at radius 1 is 1.04 bits per heavy atom. The van der Waals surface area contributed by atoms with Crippen LogP contribution in [-0.4, -0.2) is 45.7 Å². The van der Waals surface area contributed by atoms with Crippen molar-refractivity contribution in [2.75, 3.05) is 34.9 Å². The fraction of sp³-hybridized carbons (Fsp3) is 0.350. The minimum Gasteiger partial charge on any atom is -0.497 e. The van der Waals surface area contributed by atoms with E-state index in [-0.39, 0.29) is 0 Å². The van der Waals surface area contributed by atoms with Crippen LogP contribution < -0.4 is 14.8 Å². The number of guanidine groups is 1. The van der Waals surface area contributed by atoms with Gasteiger partial charge in [-0.3, -0.25) is 0 Å². The zero-order valence-electron chi connectivity index (χ0n) is 15.5. The third kappa shape index (κ3) is 5.71. The molecule has 0 spiro atoms. The smallest absolute Gasteiger partial charge is 0.193 e. The molecule has 0 bridgehead atoms. The van der Waals surface area contributed by atoms with Gasteiger partial charge in [0.15, 0.2) is 5.96 Å². The van der Waals surface area contributed by atoms with Gasteiger partial charge in [0.1, 0.15) is 11.5 Å². The summed E-state index contributed by atoms with van der Waals surface area (Å²) < 4.78 is 10.7. The highest BCUT2D eigenvalue weighted by molar-refractivity contribution is 5.79. The van der Waals surface area contributed by atoms with Gasteiger partial charge in [-0.05, 0) is 35.7 Å². The summed E-state index contributed by atoms with van der Waals surface area (Å²) in [6, 6.07) is 16.1. The molecule has 5 heteroatoms. The minimum atomic E-state index is 0.657. The van der Waals surface area contributed by atoms with Gasteiger partial charge in [0.2, 0.25) is 0 Å². The van der Waals surface area contributed by atoms with Crippen LogP contribution >= 0.6 is 0 Å². The lowest BCUT2D eigenvalue weighted by molar-refractivity contribution is 0.398. The Morgan fingerprint density at radius 3 is 2.44 bits per heavy atom. The maximum absolute atomic E-state index is 5.43. The second-order valence-corrected chi connectivity index (χ2v) is 5.87. The van der Waals surface area contributed by atoms with Crippen LogP contribution in [0.15, 0.2) is 53.5 Å². The third-order valence-corrected chi connectivity index (χ3v) is 3.84. The molecule has 0 aromatic heterocycles. The molecule has 2 aromatic carbocycles. The van der Waals surface area contributed by atoms with Crippen molar-refractivity contribution in [1.82, 2.24) is 10.2 Å². The van der Waals surface area contributed by atoms with E-state index in [9.17, 15) is 0 Å². The predicted octanol–water partition coefficient (Wildman–Crippen LogP) is 2.95. The first-order valence-electron chi connectivity index (χ1n) is 8.34. The molecule has 0 saturated carbocycles. The summed E-state index contributed by atoms with van der Waals surface area (Å²) in [6.45, 7) is 1.42. The quantitative estimate of drug-likeness (QED) is 0.621. The molecule has 2 aromatic rings. The highest BCUT2D eigenvalue weighted by Gasteiger charge is 2.07. The zero-order valence-corrected chi connectivity index (χ0v) is 15.5. The molecule has 25 heavy (non-hydrogen) atoms. The number of benzene rings is 2. The average molecular weight is 341 g/mol. The van der Waals surface area contributed by atoms with Crippen LogP contribution in [-0.2, 0) is 13.0 Å². The molecule has 0 aliphatic carbocycles. The number of ether oxygens (including phenoxy) is 2. The monoisotopic (exact) mass is 341 g/mol. The lowest BCUT2D eigenvalue weighted by Crippen LogP contribution is -2.37. The number of methoxy groups -OCH3 is 2. The molecule has 2 rings (SSSR count). The summed E-state index contributed by atoms with van der Waals surface area (Å²) in [5.74, 6) is 2.57. The Morgan fingerprint density at radius 2 is 1.80 bits per heavy atom. The number of nitrogens with one attached hydrogen (secondary N) is 1. The molecule has 1 N–H and O–H groups in total. The molecule has 0 radical (unpaired) electrons. The first kappa shape index (κ1) is 18.6. The van der Waals surface area contributed by atoms with Crippen LogP contribution in [0.1, 0.15) is 11.1 Å². The van der Waals surface area contributed by atoms with Gasteiger partial charge in [-0.15, -0.1) is 0 Å². The van der Waals surface area contributed by atoms with Crippen LogP contribution in [0.4, 0.5) is 0 Å². The van der Waals surface area contributed by atoms with Crippen molar-refractivity contribution in [2.45, 2.75) is 13.0 Å². The highest BCUT2D eigenvalue weighted by Crippen LogP contribution is 2.24. The predicted molar refractivity (Wildman–Crippen MR) is 103 cm³/mol. The van der Waals surface area contributed by atoms with Crippen molar-refractivity contribution in [3.05, 3.63) is 59.7 Å². The van der Waals surface area contributed by atoms with Gasteiger partial charge in [0, 0.05) is 20.6 Å². The molecule has 0 aliphatic heterocycles. The topological polar surface area (TPSA) is 46.1 Å². The van der Waals surface area contributed by atoms with E-state index in [4.69, 9.17) is 9.47 Å². The molecule has 0 saturated heterocycles. The molecular formula is C20H27N3O2. The largest absolute Gasteiger partial charge is 0.497 e. The van der Waals surface area contributed by atoms with Crippen molar-refractivity contribution >= 4 is 5.96 Å². The fourth-order valence-electron chi connectivity index (χ4n) is 2.49. The average Bonchev–Trinajstić information content (AvgIpc) is 2.64. The molecule has 0 aliphatic rings. The summed E-state index contributed by atoms with van der Waals surface area (Å²) in [6.07, 6.45) is 0.818. The van der Waals surface area contributed by atoms with Gasteiger partial charge < -0.3 is 19.7 Å². The Hall–Kier alpha value is -2.69. The summed E-state index contributed by atoms with van der Waals surface area (Å²) in [4.78, 5) is 6.67. The molecule has 0 amide bonds. The van der Waals surface area contributed by atoms with Crippen LogP contribution in [0.3, 0.4) is 0 Å². The standard InChI is InChI=1S/C20H27N3O2/c1-23(2)20(22-15-16-8-6-5-7-9-16)21-13-12-17-14-18(24-3)10-11-19(17)25-4/h5-11,14H,12-13,15H2,1-4H3,(H,21,22). The van der Waals surface area contributed by atoms with Gasteiger partial charge in [-0.1, -0.05) is 30.3 Å². The Labute approximate surface area is 150 Å². The normalized spacial score (nSPS) is 11.1. The van der Waals surface area contributed by atoms with Gasteiger partial charge in [-0.25, -0.2) is 4.99 Å². The van der Waals surface area contributed by atoms with Gasteiger partial charge in [-0.2, -0.15) is 0 Å². The van der Waals surface area contributed by atoms with E-state index in [0.29, 0.717) is 6.54 Å². The maximum Gasteiger partial charge on any atom is 0.193 e. The SMILES string of the molecule is COc1ccc(OC)c(CCNC(=NCc2ccccc2)N(C)C)c1. The molecule has 0 atom stereocenters. The van der Waals surface area contributed by atoms with Crippen LogP contribution in [0.5, 0.6) is 11.5 Å². The number of aliphatic imine (C=N–C) groups is 1. The second-order valence-electron chi connectivity index (χ2n) is 5.87. The summed E-state index contributed by atoms with van der Waals surface area (Å²) in [5.41, 5.74) is 2.30. The van der Waals surface area contributed by atoms with Crippen molar-refractivity contribution in [2.24, 2.45) is 4.99 Å². The van der Waals surface area contributed by atoms with E-state index < -0.39 is 0 Å². The van der Waals surface area contributed by atoms with E-state index in [0.717, 1.165) is 36.0 Å². The van der Waals surface area contributed by atoms with E-state index in [2.05, 4.69) is 22.4 Å². The number of nitrogens with zero attached hydrogens (tertiary/aromatic N) is 2. The molecule has 0 fully saturated rings. The van der Waals surface area contributed by atoms with Gasteiger partial charge >= 0.3 is 0 Å². The molecule has 0 heterocycles. The number of rotatable bonds is 7. The lowest BCUT2D eigenvalue weighted by atomic mass is 10.1. The first-order chi connectivity index (χ1) is 12.1. The van der Waals surface area contributed by atoms with Gasteiger partial charge in [0.05, 0.1) is 20.8 Å². The molecule has 5 nitrogen and oxygen atoms in total. The van der Waals surface area contributed by atoms with Crippen molar-refractivity contribution in [1.29, 1.82) is 0 Å². The maximum atomic E-state index is 5.43. The van der Waals surface area contributed by atoms with Gasteiger partial charge in [0.25, 0.3) is 0 Å². The molecule has 134 valence electrons. The molecule has 0 unspecified atom stereocenters. The molecular weight excluding hydrogens is 314 g/mol. The summed E-state index contributed by atoms with van der Waals surface area (Å²) in [5, 5.41) is 3.41. The van der Waals surface area contributed by atoms with Crippen LogP contribution in [0.2, 0.25) is 0 Å². The van der Waals surface area contributed by atoms with E-state index in [1.54, 1.807) is 14.2 Å². The minimum absolute atomic E-state index is 0.657. The van der Waals surface area contributed by atoms with Crippen molar-refractivity contribution in [3.8, 4) is 11.5 Å². The van der Waals surface area contributed by atoms with Crippen molar-refractivity contribution in [3.63, 3.8) is 0 Å². The van der Waals surface area contributed by atoms with Crippen molar-refractivity contribution < 1.29 is 9.47 Å². The lowest BCUT2D eigenvalue weighted by Gasteiger charge is -2.18. The van der Waals surface area contributed by atoms with Crippen LogP contribution in [0, 0.1) is 0 Å². The third-order valence-electron chi connectivity index (χ3n) is 3.84. The Balaban J connectivity index is 1.97. The number of hydrogen-bond acceptors (Lipinski definition) is 3. The van der Waals surface area contributed by atoms with E-state index >= 15 is 0 Å². The first-order valence-corrected chi connectivity index (χ1v) is 8.34. The van der Waals surface area contributed by atoms with E-state index in [1.807, 2.05) is 55.4 Å². The van der Waals surface area contributed by atoms with E-state index in [1.165, 1.54) is 5.56 Å². The second kappa shape index (κ2) is 9.57. The Kier molecular flexibility index (Phi) is 7.14. The number of hydrogen-bond donors (Lipinski definition) is 1. The fourth-order valence-corrected chi connectivity index (χ4v) is 2.49. The summed E-state index contributed by atoms with van der Waals surface area (Å²) >= 11 is 0. The zero-order chi connectivity index (χ0) is 18.1. The Bertz CT molecular complexity index is 685. The highest BCUT2D eigenvalue weighted by atomic mass is 16.5. The summed E-state index contributed by atoms with van der Waals surface area (Å²) in [7, 11) is 7.33.